The Balaban J connectivity index is 2.55. The Kier molecular flexibility index (Phi) is 5.41. The molecule has 3 atom stereocenters. The Labute approximate surface area is 105 Å². The molecule has 102 valence electrons. The maximum atomic E-state index is 11.2. The van der Waals surface area contributed by atoms with Crippen LogP contribution < -0.4 is 0 Å². The van der Waals surface area contributed by atoms with Gasteiger partial charge in [0.05, 0.1) is 11.9 Å². The lowest BCUT2D eigenvalue weighted by Crippen LogP contribution is -2.45. The third kappa shape index (κ3) is 4.94. The van der Waals surface area contributed by atoms with E-state index in [2.05, 4.69) is 11.8 Å². The Morgan fingerprint density at radius 1 is 1.35 bits per heavy atom. The number of nitrogens with zero attached hydrogens (tertiary/aromatic N) is 1. The summed E-state index contributed by atoms with van der Waals surface area (Å²) < 4.78 is 22.3. The summed E-state index contributed by atoms with van der Waals surface area (Å²) in [5.41, 5.74) is 0. The van der Waals surface area contributed by atoms with Crippen LogP contribution in [-0.4, -0.2) is 56.2 Å². The summed E-state index contributed by atoms with van der Waals surface area (Å²) in [5, 5.41) is 9.72. The van der Waals surface area contributed by atoms with Crippen molar-refractivity contribution in [3.8, 4) is 0 Å². The average Bonchev–Trinajstić information content (AvgIpc) is 2.25. The molecule has 0 bridgehead atoms. The molecule has 0 aromatic rings. The van der Waals surface area contributed by atoms with E-state index < -0.39 is 9.84 Å². The standard InChI is InChI=1S/C12H25NO3S/c1-4-10-5-6-11(14)9-12(10)13(2)7-8-17(3,15)16/h10-12,14H,4-9H2,1-3H3. The van der Waals surface area contributed by atoms with Crippen LogP contribution in [0.1, 0.15) is 32.6 Å². The first-order valence-electron chi connectivity index (χ1n) is 6.39. The van der Waals surface area contributed by atoms with Crippen molar-refractivity contribution in [1.82, 2.24) is 4.90 Å². The van der Waals surface area contributed by atoms with Gasteiger partial charge in [-0.05, 0) is 32.2 Å². The van der Waals surface area contributed by atoms with Crippen molar-refractivity contribution < 1.29 is 13.5 Å². The molecule has 0 aliphatic heterocycles. The monoisotopic (exact) mass is 263 g/mol. The fourth-order valence-corrected chi connectivity index (χ4v) is 3.30. The third-order valence-electron chi connectivity index (χ3n) is 3.83. The van der Waals surface area contributed by atoms with Gasteiger partial charge in [0.25, 0.3) is 0 Å². The number of aliphatic hydroxyl groups excluding tert-OH is 1. The largest absolute Gasteiger partial charge is 0.393 e. The predicted molar refractivity (Wildman–Crippen MR) is 69.8 cm³/mol. The average molecular weight is 263 g/mol. The first kappa shape index (κ1) is 14.9. The molecule has 17 heavy (non-hydrogen) atoms. The Hall–Kier alpha value is -0.130. The van der Waals surface area contributed by atoms with Gasteiger partial charge in [-0.3, -0.25) is 0 Å². The number of sulfone groups is 1. The van der Waals surface area contributed by atoms with Crippen molar-refractivity contribution in [1.29, 1.82) is 0 Å². The molecule has 0 radical (unpaired) electrons. The van der Waals surface area contributed by atoms with Gasteiger partial charge in [-0.1, -0.05) is 13.3 Å². The van der Waals surface area contributed by atoms with Gasteiger partial charge in [0.1, 0.15) is 9.84 Å². The molecule has 0 aromatic heterocycles. The SMILES string of the molecule is CCC1CCC(O)CC1N(C)CCS(C)(=O)=O. The molecular formula is C12H25NO3S. The first-order chi connectivity index (χ1) is 7.83. The second-order valence-electron chi connectivity index (χ2n) is 5.31. The van der Waals surface area contributed by atoms with Gasteiger partial charge in [0.15, 0.2) is 0 Å². The van der Waals surface area contributed by atoms with Crippen LogP contribution in [0.2, 0.25) is 0 Å². The summed E-state index contributed by atoms with van der Waals surface area (Å²) in [6, 6.07) is 0.325. The van der Waals surface area contributed by atoms with Crippen LogP contribution >= 0.6 is 0 Å². The van der Waals surface area contributed by atoms with E-state index in [4.69, 9.17) is 0 Å². The van der Waals surface area contributed by atoms with Gasteiger partial charge in [-0.25, -0.2) is 8.42 Å². The molecule has 1 aliphatic carbocycles. The van der Waals surface area contributed by atoms with Gasteiger partial charge in [0.2, 0.25) is 0 Å². The predicted octanol–water partition coefficient (Wildman–Crippen LogP) is 0.902. The van der Waals surface area contributed by atoms with Crippen LogP contribution in [0.3, 0.4) is 0 Å². The lowest BCUT2D eigenvalue weighted by Gasteiger charge is -2.39. The Morgan fingerprint density at radius 2 is 2.00 bits per heavy atom. The molecule has 1 aliphatic rings. The fourth-order valence-electron chi connectivity index (χ4n) is 2.68. The van der Waals surface area contributed by atoms with E-state index in [1.54, 1.807) is 0 Å². The molecule has 1 N–H and O–H groups in total. The van der Waals surface area contributed by atoms with E-state index in [0.29, 0.717) is 18.5 Å². The summed E-state index contributed by atoms with van der Waals surface area (Å²) in [4.78, 5) is 2.11. The second-order valence-corrected chi connectivity index (χ2v) is 7.57. The van der Waals surface area contributed by atoms with Crippen LogP contribution in [0, 0.1) is 5.92 Å². The minimum atomic E-state index is -2.90. The zero-order valence-electron chi connectivity index (χ0n) is 11.1. The van der Waals surface area contributed by atoms with Crippen LogP contribution in [0.15, 0.2) is 0 Å². The Bertz CT molecular complexity index is 329. The lowest BCUT2D eigenvalue weighted by atomic mass is 9.80. The van der Waals surface area contributed by atoms with Gasteiger partial charge in [0, 0.05) is 18.8 Å². The zero-order valence-corrected chi connectivity index (χ0v) is 11.9. The molecule has 0 heterocycles. The highest BCUT2D eigenvalue weighted by Gasteiger charge is 2.31. The molecule has 3 unspecified atom stereocenters. The number of rotatable bonds is 5. The summed E-state index contributed by atoms with van der Waals surface area (Å²) >= 11 is 0. The van der Waals surface area contributed by atoms with E-state index in [9.17, 15) is 13.5 Å². The van der Waals surface area contributed by atoms with Crippen molar-refractivity contribution in [3.63, 3.8) is 0 Å². The highest BCUT2D eigenvalue weighted by molar-refractivity contribution is 7.90. The quantitative estimate of drug-likeness (QED) is 0.801. The van der Waals surface area contributed by atoms with Gasteiger partial charge < -0.3 is 10.0 Å². The number of hydrogen-bond acceptors (Lipinski definition) is 4. The van der Waals surface area contributed by atoms with E-state index >= 15 is 0 Å². The van der Waals surface area contributed by atoms with E-state index in [1.165, 1.54) is 6.26 Å². The second kappa shape index (κ2) is 6.16. The van der Waals surface area contributed by atoms with Crippen LogP contribution in [-0.2, 0) is 9.84 Å². The van der Waals surface area contributed by atoms with E-state index in [-0.39, 0.29) is 11.9 Å². The molecule has 0 spiro atoms. The minimum absolute atomic E-state index is 0.201. The maximum absolute atomic E-state index is 11.2. The molecule has 1 saturated carbocycles. The van der Waals surface area contributed by atoms with Crippen molar-refractivity contribution in [2.45, 2.75) is 44.8 Å². The molecule has 0 amide bonds. The maximum Gasteiger partial charge on any atom is 0.148 e. The summed E-state index contributed by atoms with van der Waals surface area (Å²) in [6.07, 6.45) is 4.86. The van der Waals surface area contributed by atoms with Crippen molar-refractivity contribution in [3.05, 3.63) is 0 Å². The summed E-state index contributed by atoms with van der Waals surface area (Å²) in [6.45, 7) is 2.73. The van der Waals surface area contributed by atoms with E-state index in [0.717, 1.165) is 25.7 Å². The molecule has 0 saturated heterocycles. The normalized spacial score (nSPS) is 30.8. The molecule has 1 fully saturated rings. The molecular weight excluding hydrogens is 238 g/mol. The van der Waals surface area contributed by atoms with Gasteiger partial charge >= 0.3 is 0 Å². The fraction of sp³-hybridized carbons (Fsp3) is 1.00. The van der Waals surface area contributed by atoms with Crippen LogP contribution in [0.5, 0.6) is 0 Å². The number of hydrogen-bond donors (Lipinski definition) is 1. The molecule has 1 rings (SSSR count). The highest BCUT2D eigenvalue weighted by atomic mass is 32.2. The number of aliphatic hydroxyl groups is 1. The summed E-state index contributed by atoms with van der Waals surface area (Å²) in [5.74, 6) is 0.787. The lowest BCUT2D eigenvalue weighted by molar-refractivity contribution is 0.0389. The Morgan fingerprint density at radius 3 is 2.53 bits per heavy atom. The molecule has 4 nitrogen and oxygen atoms in total. The molecule has 5 heteroatoms. The van der Waals surface area contributed by atoms with Crippen LogP contribution in [0.4, 0.5) is 0 Å². The van der Waals surface area contributed by atoms with Crippen LogP contribution in [0.25, 0.3) is 0 Å². The minimum Gasteiger partial charge on any atom is -0.393 e. The van der Waals surface area contributed by atoms with Crippen molar-refractivity contribution >= 4 is 9.84 Å². The van der Waals surface area contributed by atoms with Gasteiger partial charge in [-0.15, -0.1) is 0 Å². The smallest absolute Gasteiger partial charge is 0.148 e. The summed E-state index contributed by atoms with van der Waals surface area (Å²) in [7, 11) is -0.931. The van der Waals surface area contributed by atoms with Crippen molar-refractivity contribution in [2.75, 3.05) is 25.6 Å². The topological polar surface area (TPSA) is 57.6 Å². The zero-order chi connectivity index (χ0) is 13.1. The molecule has 0 aromatic carbocycles. The third-order valence-corrected chi connectivity index (χ3v) is 4.76. The van der Waals surface area contributed by atoms with E-state index in [1.807, 2.05) is 7.05 Å². The van der Waals surface area contributed by atoms with Crippen molar-refractivity contribution in [2.24, 2.45) is 5.92 Å². The first-order valence-corrected chi connectivity index (χ1v) is 8.45. The van der Waals surface area contributed by atoms with Gasteiger partial charge in [-0.2, -0.15) is 0 Å². The highest BCUT2D eigenvalue weighted by Crippen LogP contribution is 2.30.